The van der Waals surface area contributed by atoms with Gasteiger partial charge < -0.3 is 14.9 Å². The standard InChI is InChI=1S/C25H32O6/c1-4-5-21(29)31-14-20(28)25(30)11-9-18-17-7-6-15-12-16(26)8-10-23(15,2)22(17)19(27)13-24(18,25)3/h4-5,8,10,12,17-19,22,27,30H,6-7,9,11,13-14H2,1-3H3. The minimum absolute atomic E-state index is 0.00522. The third-order valence-corrected chi connectivity index (χ3v) is 8.76. The molecule has 168 valence electrons. The van der Waals surface area contributed by atoms with Gasteiger partial charge in [0.05, 0.1) is 6.10 Å². The lowest BCUT2D eigenvalue weighted by Crippen LogP contribution is -2.61. The van der Waals surface area contributed by atoms with Gasteiger partial charge in [0.2, 0.25) is 5.78 Å². The van der Waals surface area contributed by atoms with Gasteiger partial charge in [0, 0.05) is 22.8 Å². The lowest BCUT2D eigenvalue weighted by molar-refractivity contribution is -0.180. The Hall–Kier alpha value is -2.05. The molecule has 3 fully saturated rings. The highest BCUT2D eigenvalue weighted by molar-refractivity contribution is 6.01. The summed E-state index contributed by atoms with van der Waals surface area (Å²) in [5.74, 6) is -0.950. The molecular weight excluding hydrogens is 396 g/mol. The minimum atomic E-state index is -1.63. The zero-order chi connectivity index (χ0) is 22.6. The van der Waals surface area contributed by atoms with Gasteiger partial charge in [0.1, 0.15) is 5.60 Å². The molecule has 0 saturated heterocycles. The van der Waals surface area contributed by atoms with Crippen LogP contribution in [0.3, 0.4) is 0 Å². The van der Waals surface area contributed by atoms with E-state index in [-0.39, 0.29) is 29.0 Å². The quantitative estimate of drug-likeness (QED) is 0.527. The number of hydrogen-bond donors (Lipinski definition) is 2. The Morgan fingerprint density at radius 2 is 2.03 bits per heavy atom. The van der Waals surface area contributed by atoms with E-state index in [0.29, 0.717) is 19.3 Å². The smallest absolute Gasteiger partial charge is 0.330 e. The van der Waals surface area contributed by atoms with Gasteiger partial charge in [-0.1, -0.05) is 31.6 Å². The number of rotatable bonds is 4. The first-order valence-corrected chi connectivity index (χ1v) is 11.2. The van der Waals surface area contributed by atoms with Crippen LogP contribution in [0.4, 0.5) is 0 Å². The summed E-state index contributed by atoms with van der Waals surface area (Å²) in [6.45, 7) is 5.21. The van der Waals surface area contributed by atoms with Crippen molar-refractivity contribution < 1.29 is 29.3 Å². The molecule has 0 amide bonds. The van der Waals surface area contributed by atoms with Crippen LogP contribution >= 0.6 is 0 Å². The molecule has 0 aromatic rings. The summed E-state index contributed by atoms with van der Waals surface area (Å²) in [6, 6.07) is 0. The predicted molar refractivity (Wildman–Crippen MR) is 114 cm³/mol. The zero-order valence-electron chi connectivity index (χ0n) is 18.5. The summed E-state index contributed by atoms with van der Waals surface area (Å²) in [5.41, 5.74) is -1.73. The van der Waals surface area contributed by atoms with Crippen LogP contribution in [0.15, 0.2) is 36.0 Å². The fraction of sp³-hybridized carbons (Fsp3) is 0.640. The molecule has 0 radical (unpaired) electrons. The number of allylic oxidation sites excluding steroid dienone is 5. The van der Waals surface area contributed by atoms with Gasteiger partial charge in [-0.15, -0.1) is 0 Å². The lowest BCUT2D eigenvalue weighted by atomic mass is 9.46. The van der Waals surface area contributed by atoms with Crippen molar-refractivity contribution in [2.24, 2.45) is 28.6 Å². The summed E-state index contributed by atoms with van der Waals surface area (Å²) in [4.78, 5) is 36.6. The van der Waals surface area contributed by atoms with E-state index in [9.17, 15) is 24.6 Å². The number of fused-ring (bicyclic) bond motifs is 5. The maximum Gasteiger partial charge on any atom is 0.330 e. The van der Waals surface area contributed by atoms with Gasteiger partial charge in [0.25, 0.3) is 0 Å². The minimum Gasteiger partial charge on any atom is -0.454 e. The molecule has 0 bridgehead atoms. The fourth-order valence-corrected chi connectivity index (χ4v) is 7.23. The van der Waals surface area contributed by atoms with Crippen LogP contribution in [0.1, 0.15) is 52.9 Å². The number of aliphatic hydroxyl groups excluding tert-OH is 1. The SMILES string of the molecule is CC=CC(=O)OCC(=O)C1(O)CCC2C3CCC4=CC(=O)C=CC4(C)C3C(O)CC21C. The monoisotopic (exact) mass is 428 g/mol. The van der Waals surface area contributed by atoms with Crippen LogP contribution in [0.2, 0.25) is 0 Å². The Kier molecular flexibility index (Phi) is 5.38. The van der Waals surface area contributed by atoms with Crippen LogP contribution in [0, 0.1) is 28.6 Å². The molecule has 0 aromatic carbocycles. The maximum atomic E-state index is 13.0. The van der Waals surface area contributed by atoms with Crippen LogP contribution in [-0.4, -0.2) is 46.1 Å². The Labute approximate surface area is 183 Å². The van der Waals surface area contributed by atoms with E-state index in [2.05, 4.69) is 6.92 Å². The summed E-state index contributed by atoms with van der Waals surface area (Å²) in [5, 5.41) is 22.9. The normalized spacial score (nSPS) is 43.8. The summed E-state index contributed by atoms with van der Waals surface area (Å²) >= 11 is 0. The van der Waals surface area contributed by atoms with Crippen LogP contribution in [0.25, 0.3) is 0 Å². The number of aliphatic hydroxyl groups is 2. The lowest BCUT2D eigenvalue weighted by Gasteiger charge is -2.59. The molecule has 7 atom stereocenters. The summed E-state index contributed by atoms with van der Waals surface area (Å²) < 4.78 is 5.03. The van der Waals surface area contributed by atoms with Crippen molar-refractivity contribution in [3.05, 3.63) is 36.0 Å². The van der Waals surface area contributed by atoms with E-state index in [1.54, 1.807) is 19.1 Å². The highest BCUT2D eigenvalue weighted by Crippen LogP contribution is 2.67. The Morgan fingerprint density at radius 1 is 1.29 bits per heavy atom. The highest BCUT2D eigenvalue weighted by atomic mass is 16.5. The Morgan fingerprint density at radius 3 is 2.74 bits per heavy atom. The molecule has 0 aromatic heterocycles. The third-order valence-electron chi connectivity index (χ3n) is 8.76. The predicted octanol–water partition coefficient (Wildman–Crippen LogP) is 2.68. The largest absolute Gasteiger partial charge is 0.454 e. The zero-order valence-corrected chi connectivity index (χ0v) is 18.5. The summed E-state index contributed by atoms with van der Waals surface area (Å²) in [7, 11) is 0. The number of hydrogen-bond acceptors (Lipinski definition) is 6. The van der Waals surface area contributed by atoms with Crippen molar-refractivity contribution in [2.75, 3.05) is 6.61 Å². The molecule has 6 heteroatoms. The molecular formula is C25H32O6. The van der Waals surface area contributed by atoms with E-state index < -0.39 is 35.5 Å². The van der Waals surface area contributed by atoms with E-state index in [1.807, 2.05) is 13.0 Å². The van der Waals surface area contributed by atoms with E-state index in [1.165, 1.54) is 12.2 Å². The van der Waals surface area contributed by atoms with Gasteiger partial charge in [0.15, 0.2) is 12.4 Å². The molecule has 0 aliphatic heterocycles. The van der Waals surface area contributed by atoms with E-state index in [4.69, 9.17) is 4.74 Å². The molecule has 4 aliphatic rings. The first-order valence-electron chi connectivity index (χ1n) is 11.2. The topological polar surface area (TPSA) is 101 Å². The average Bonchev–Trinajstić information content (AvgIpc) is 2.98. The van der Waals surface area contributed by atoms with Gasteiger partial charge in [-0.3, -0.25) is 9.59 Å². The second-order valence-corrected chi connectivity index (χ2v) is 10.1. The molecule has 2 N–H and O–H groups in total. The molecule has 31 heavy (non-hydrogen) atoms. The fourth-order valence-electron chi connectivity index (χ4n) is 7.23. The molecule has 7 unspecified atom stereocenters. The first kappa shape index (κ1) is 22.2. The van der Waals surface area contributed by atoms with Crippen molar-refractivity contribution in [1.29, 1.82) is 0 Å². The first-order chi connectivity index (χ1) is 14.6. The second kappa shape index (κ2) is 7.52. The van der Waals surface area contributed by atoms with Gasteiger partial charge >= 0.3 is 5.97 Å². The Balaban J connectivity index is 1.61. The number of carbonyl (C=O) groups is 3. The van der Waals surface area contributed by atoms with Crippen molar-refractivity contribution in [2.45, 2.75) is 64.6 Å². The molecule has 0 spiro atoms. The number of ketones is 2. The summed E-state index contributed by atoms with van der Waals surface area (Å²) in [6.07, 6.45) is 10.2. The molecule has 6 nitrogen and oxygen atoms in total. The van der Waals surface area contributed by atoms with Crippen LogP contribution in [-0.2, 0) is 19.1 Å². The highest BCUT2D eigenvalue weighted by Gasteiger charge is 2.68. The van der Waals surface area contributed by atoms with Gasteiger partial charge in [-0.2, -0.15) is 0 Å². The number of Topliss-reactive ketones (excluding diaryl/α,β-unsaturated/α-hetero) is 1. The van der Waals surface area contributed by atoms with Crippen LogP contribution in [0.5, 0.6) is 0 Å². The van der Waals surface area contributed by atoms with Crippen LogP contribution < -0.4 is 0 Å². The number of esters is 1. The van der Waals surface area contributed by atoms with Crippen molar-refractivity contribution in [3.8, 4) is 0 Å². The average molecular weight is 429 g/mol. The van der Waals surface area contributed by atoms with Gasteiger partial charge in [-0.25, -0.2) is 4.79 Å². The van der Waals surface area contributed by atoms with E-state index >= 15 is 0 Å². The van der Waals surface area contributed by atoms with Crippen molar-refractivity contribution >= 4 is 17.5 Å². The third kappa shape index (κ3) is 3.18. The van der Waals surface area contributed by atoms with Crippen molar-refractivity contribution in [3.63, 3.8) is 0 Å². The molecule has 4 aliphatic carbocycles. The molecule has 4 rings (SSSR count). The molecule has 3 saturated carbocycles. The van der Waals surface area contributed by atoms with E-state index in [0.717, 1.165) is 18.4 Å². The molecule has 0 heterocycles. The maximum absolute atomic E-state index is 13.0. The van der Waals surface area contributed by atoms with Crippen molar-refractivity contribution in [1.82, 2.24) is 0 Å². The van der Waals surface area contributed by atoms with Gasteiger partial charge in [-0.05, 0) is 63.0 Å². The second-order valence-electron chi connectivity index (χ2n) is 10.1. The number of ether oxygens (including phenoxy) is 1. The number of carbonyl (C=O) groups excluding carboxylic acids is 3. The Bertz CT molecular complexity index is 900.